The summed E-state index contributed by atoms with van der Waals surface area (Å²) in [5.74, 6) is 0.130. The van der Waals surface area contributed by atoms with Gasteiger partial charge in [-0.05, 0) is 45.0 Å². The van der Waals surface area contributed by atoms with Crippen molar-refractivity contribution in [1.82, 2.24) is 4.98 Å². The molecule has 2 aromatic rings. The quantitative estimate of drug-likeness (QED) is 0.815. The molecule has 0 fully saturated rings. The van der Waals surface area contributed by atoms with Crippen LogP contribution in [0.15, 0.2) is 42.6 Å². The average molecular weight is 339 g/mol. The van der Waals surface area contributed by atoms with Gasteiger partial charge in [0.25, 0.3) is 5.91 Å². The fraction of sp³-hybridized carbons (Fsp3) is 0.316. The van der Waals surface area contributed by atoms with Gasteiger partial charge in [-0.3, -0.25) is 4.79 Å². The van der Waals surface area contributed by atoms with E-state index in [2.05, 4.69) is 10.3 Å². The summed E-state index contributed by atoms with van der Waals surface area (Å²) >= 11 is 0. The molecule has 0 bridgehead atoms. The molecule has 0 spiro atoms. The zero-order chi connectivity index (χ0) is 18.3. The lowest BCUT2D eigenvalue weighted by Crippen LogP contribution is -2.22. The number of pyridine rings is 1. The lowest BCUT2D eigenvalue weighted by molar-refractivity contribution is -0.0168. The Balaban J connectivity index is 1.88. The van der Waals surface area contributed by atoms with Crippen LogP contribution in [-0.4, -0.2) is 29.7 Å². The maximum Gasteiger partial charge on any atom is 0.257 e. The van der Waals surface area contributed by atoms with Gasteiger partial charge in [0.15, 0.2) is 0 Å². The zero-order valence-electron chi connectivity index (χ0n) is 14.6. The highest BCUT2D eigenvalue weighted by Gasteiger charge is 2.10. The number of nitrogens with zero attached hydrogens (tertiary/aromatic N) is 2. The predicted octanol–water partition coefficient (Wildman–Crippen LogP) is 3.40. The van der Waals surface area contributed by atoms with Gasteiger partial charge in [0.1, 0.15) is 6.61 Å². The Hall–Kier alpha value is -2.91. The summed E-state index contributed by atoms with van der Waals surface area (Å²) in [7, 11) is 0. The number of amides is 1. The van der Waals surface area contributed by atoms with E-state index in [-0.39, 0.29) is 11.5 Å². The van der Waals surface area contributed by atoms with Crippen LogP contribution in [0.5, 0.6) is 5.88 Å². The third kappa shape index (κ3) is 6.24. The van der Waals surface area contributed by atoms with E-state index < -0.39 is 0 Å². The Morgan fingerprint density at radius 3 is 2.68 bits per heavy atom. The molecular formula is C19H21N3O3. The highest BCUT2D eigenvalue weighted by molar-refractivity contribution is 6.04. The van der Waals surface area contributed by atoms with Crippen LogP contribution in [0.4, 0.5) is 5.69 Å². The molecule has 130 valence electrons. The minimum Gasteiger partial charge on any atom is -0.475 e. The van der Waals surface area contributed by atoms with Gasteiger partial charge in [-0.1, -0.05) is 6.07 Å². The van der Waals surface area contributed by atoms with Gasteiger partial charge in [0, 0.05) is 18.0 Å². The fourth-order valence-electron chi connectivity index (χ4n) is 1.96. The first-order valence-corrected chi connectivity index (χ1v) is 7.92. The number of benzene rings is 1. The molecule has 1 N–H and O–H groups in total. The third-order valence-electron chi connectivity index (χ3n) is 3.12. The van der Waals surface area contributed by atoms with Gasteiger partial charge < -0.3 is 14.8 Å². The molecule has 1 amide bonds. The second-order valence-corrected chi connectivity index (χ2v) is 6.34. The maximum absolute atomic E-state index is 12.2. The van der Waals surface area contributed by atoms with Crippen molar-refractivity contribution in [3.63, 3.8) is 0 Å². The van der Waals surface area contributed by atoms with E-state index in [4.69, 9.17) is 14.7 Å². The molecule has 0 saturated carbocycles. The minimum absolute atomic E-state index is 0.207. The van der Waals surface area contributed by atoms with E-state index in [1.54, 1.807) is 36.4 Å². The van der Waals surface area contributed by atoms with E-state index in [9.17, 15) is 4.79 Å². The first kappa shape index (κ1) is 18.4. The second kappa shape index (κ2) is 8.27. The van der Waals surface area contributed by atoms with E-state index in [0.29, 0.717) is 35.9 Å². The van der Waals surface area contributed by atoms with Crippen molar-refractivity contribution in [1.29, 1.82) is 5.26 Å². The van der Waals surface area contributed by atoms with Crippen molar-refractivity contribution in [2.75, 3.05) is 18.5 Å². The van der Waals surface area contributed by atoms with Gasteiger partial charge in [0.05, 0.1) is 29.4 Å². The van der Waals surface area contributed by atoms with Crippen LogP contribution in [0.3, 0.4) is 0 Å². The van der Waals surface area contributed by atoms with Crippen molar-refractivity contribution in [2.45, 2.75) is 26.4 Å². The van der Waals surface area contributed by atoms with Crippen LogP contribution in [0, 0.1) is 11.3 Å². The van der Waals surface area contributed by atoms with Crippen molar-refractivity contribution in [2.24, 2.45) is 0 Å². The molecule has 0 radical (unpaired) electrons. The van der Waals surface area contributed by atoms with Gasteiger partial charge in [-0.2, -0.15) is 5.26 Å². The predicted molar refractivity (Wildman–Crippen MR) is 94.5 cm³/mol. The maximum atomic E-state index is 12.2. The van der Waals surface area contributed by atoms with Gasteiger partial charge in [-0.15, -0.1) is 0 Å². The molecule has 1 aromatic heterocycles. The number of carbonyl (C=O) groups excluding carboxylic acids is 1. The summed E-state index contributed by atoms with van der Waals surface area (Å²) in [6.07, 6.45) is 1.45. The Morgan fingerprint density at radius 2 is 2.04 bits per heavy atom. The summed E-state index contributed by atoms with van der Waals surface area (Å²) in [5, 5.41) is 11.6. The topological polar surface area (TPSA) is 84.2 Å². The Bertz CT molecular complexity index is 759. The molecule has 0 aliphatic heterocycles. The molecular weight excluding hydrogens is 318 g/mol. The molecule has 0 atom stereocenters. The number of hydrogen-bond acceptors (Lipinski definition) is 5. The highest BCUT2D eigenvalue weighted by atomic mass is 16.5. The summed E-state index contributed by atoms with van der Waals surface area (Å²) in [4.78, 5) is 16.3. The first-order valence-electron chi connectivity index (χ1n) is 7.92. The van der Waals surface area contributed by atoms with Crippen LogP contribution in [-0.2, 0) is 4.74 Å². The van der Waals surface area contributed by atoms with Gasteiger partial charge in [0.2, 0.25) is 5.88 Å². The average Bonchev–Trinajstić information content (AvgIpc) is 2.58. The van der Waals surface area contributed by atoms with Crippen molar-refractivity contribution in [3.05, 3.63) is 53.7 Å². The molecule has 0 saturated heterocycles. The minimum atomic E-state index is -0.301. The van der Waals surface area contributed by atoms with Crippen molar-refractivity contribution >= 4 is 11.6 Å². The molecule has 2 rings (SSSR count). The lowest BCUT2D eigenvalue weighted by Gasteiger charge is -2.19. The summed E-state index contributed by atoms with van der Waals surface area (Å²) in [6.45, 7) is 6.78. The molecule has 6 heteroatoms. The summed E-state index contributed by atoms with van der Waals surface area (Å²) in [5.41, 5.74) is 1.24. The number of rotatable bonds is 6. The van der Waals surface area contributed by atoms with Crippen molar-refractivity contribution < 1.29 is 14.3 Å². The van der Waals surface area contributed by atoms with Gasteiger partial charge in [-0.25, -0.2) is 4.98 Å². The molecule has 1 aromatic carbocycles. The number of nitrogens with one attached hydrogen (secondary N) is 1. The molecule has 25 heavy (non-hydrogen) atoms. The standard InChI is InChI=1S/C19H21N3O3/c1-19(2,3)25-10-9-24-17-8-7-15(13-21-17)18(23)22-16-6-4-5-14(11-16)12-20/h4-8,11,13H,9-10H2,1-3H3,(H,22,23). The molecule has 1 heterocycles. The summed E-state index contributed by atoms with van der Waals surface area (Å²) in [6, 6.07) is 12.0. The lowest BCUT2D eigenvalue weighted by atomic mass is 10.2. The molecule has 0 aliphatic rings. The normalized spacial score (nSPS) is 10.8. The van der Waals surface area contributed by atoms with E-state index >= 15 is 0 Å². The number of carbonyl (C=O) groups is 1. The summed E-state index contributed by atoms with van der Waals surface area (Å²) < 4.78 is 11.0. The zero-order valence-corrected chi connectivity index (χ0v) is 14.6. The fourth-order valence-corrected chi connectivity index (χ4v) is 1.96. The Kier molecular flexibility index (Phi) is 6.09. The number of nitriles is 1. The van der Waals surface area contributed by atoms with Crippen LogP contribution in [0.25, 0.3) is 0 Å². The number of ether oxygens (including phenoxy) is 2. The van der Waals surface area contributed by atoms with E-state index in [0.717, 1.165) is 0 Å². The molecule has 0 aliphatic carbocycles. The van der Waals surface area contributed by atoms with Gasteiger partial charge >= 0.3 is 0 Å². The highest BCUT2D eigenvalue weighted by Crippen LogP contribution is 2.13. The smallest absolute Gasteiger partial charge is 0.257 e. The molecule has 0 unspecified atom stereocenters. The van der Waals surface area contributed by atoms with E-state index in [1.807, 2.05) is 26.8 Å². The monoisotopic (exact) mass is 339 g/mol. The van der Waals surface area contributed by atoms with Crippen LogP contribution >= 0.6 is 0 Å². The first-order chi connectivity index (χ1) is 11.9. The van der Waals surface area contributed by atoms with Crippen LogP contribution in [0.1, 0.15) is 36.7 Å². The van der Waals surface area contributed by atoms with Crippen LogP contribution < -0.4 is 10.1 Å². The molecule has 6 nitrogen and oxygen atoms in total. The van der Waals surface area contributed by atoms with Crippen LogP contribution in [0.2, 0.25) is 0 Å². The Labute approximate surface area is 147 Å². The number of hydrogen-bond donors (Lipinski definition) is 1. The number of aromatic nitrogens is 1. The van der Waals surface area contributed by atoms with Crippen molar-refractivity contribution in [3.8, 4) is 11.9 Å². The Morgan fingerprint density at radius 1 is 1.24 bits per heavy atom. The SMILES string of the molecule is CC(C)(C)OCCOc1ccc(C(=O)Nc2cccc(C#N)c2)cn1. The third-order valence-corrected chi connectivity index (χ3v) is 3.12. The largest absolute Gasteiger partial charge is 0.475 e. The number of anilines is 1. The van der Waals surface area contributed by atoms with E-state index in [1.165, 1.54) is 6.20 Å². The second-order valence-electron chi connectivity index (χ2n) is 6.34.